The number of carbonyl (C=O) groups is 1. The zero-order valence-electron chi connectivity index (χ0n) is 14.3. The number of hydrogen-bond acceptors (Lipinski definition) is 7. The third-order valence-corrected chi connectivity index (χ3v) is 5.04. The Morgan fingerprint density at radius 3 is 2.71 bits per heavy atom. The molecule has 2 aromatic carbocycles. The lowest BCUT2D eigenvalue weighted by molar-refractivity contribution is 0.0996. The second-order valence-electron chi connectivity index (χ2n) is 5.88. The summed E-state index contributed by atoms with van der Waals surface area (Å²) in [5.74, 6) is -0.0293. The molecule has 28 heavy (non-hydrogen) atoms. The predicted molar refractivity (Wildman–Crippen MR) is 103 cm³/mol. The van der Waals surface area contributed by atoms with E-state index in [1.54, 1.807) is 16.6 Å². The summed E-state index contributed by atoms with van der Waals surface area (Å²) < 4.78 is 6.78. The van der Waals surface area contributed by atoms with Gasteiger partial charge in [-0.05, 0) is 59.0 Å². The van der Waals surface area contributed by atoms with E-state index in [4.69, 9.17) is 9.40 Å². The van der Waals surface area contributed by atoms with Crippen LogP contribution in [0.2, 0.25) is 0 Å². The van der Waals surface area contributed by atoms with Crippen LogP contribution in [0, 0.1) is 0 Å². The molecule has 0 bridgehead atoms. The van der Waals surface area contributed by atoms with Gasteiger partial charge < -0.3 is 9.73 Å². The monoisotopic (exact) mass is 388 g/mol. The van der Waals surface area contributed by atoms with Crippen molar-refractivity contribution in [1.82, 2.24) is 25.0 Å². The van der Waals surface area contributed by atoms with Crippen LogP contribution < -0.4 is 5.32 Å². The predicted octanol–water partition coefficient (Wildman–Crippen LogP) is 3.67. The van der Waals surface area contributed by atoms with E-state index < -0.39 is 0 Å². The standard InChI is InChI=1S/C19H12N6O2S/c26-18(16-6-3-11-27-16)20-12-7-9-13(10-8-12)28-19-17-22-23-24-25(17)15-5-2-1-4-14(15)21-19/h1-11H,(H,20,26). The molecule has 5 aromatic rings. The molecular formula is C19H12N6O2S. The molecule has 0 saturated carbocycles. The highest BCUT2D eigenvalue weighted by Gasteiger charge is 2.13. The number of para-hydroxylation sites is 2. The first-order valence-corrected chi connectivity index (χ1v) is 9.19. The Bertz CT molecular complexity index is 1280. The fourth-order valence-corrected chi connectivity index (χ4v) is 3.62. The zero-order valence-corrected chi connectivity index (χ0v) is 15.1. The molecular weight excluding hydrogens is 376 g/mol. The van der Waals surface area contributed by atoms with Crippen LogP contribution in [-0.4, -0.2) is 30.9 Å². The molecule has 0 spiro atoms. The highest BCUT2D eigenvalue weighted by molar-refractivity contribution is 7.99. The third kappa shape index (κ3) is 2.97. The van der Waals surface area contributed by atoms with Gasteiger partial charge in [-0.2, -0.15) is 4.52 Å². The number of rotatable bonds is 4. The summed E-state index contributed by atoms with van der Waals surface area (Å²) in [6, 6.07) is 18.4. The Morgan fingerprint density at radius 2 is 1.89 bits per heavy atom. The van der Waals surface area contributed by atoms with Crippen LogP contribution in [-0.2, 0) is 0 Å². The van der Waals surface area contributed by atoms with Gasteiger partial charge in [0.1, 0.15) is 5.03 Å². The summed E-state index contributed by atoms with van der Waals surface area (Å²) in [5.41, 5.74) is 2.93. The van der Waals surface area contributed by atoms with E-state index in [1.165, 1.54) is 18.0 Å². The lowest BCUT2D eigenvalue weighted by Gasteiger charge is -2.07. The summed E-state index contributed by atoms with van der Waals surface area (Å²) in [6.07, 6.45) is 1.46. The van der Waals surface area contributed by atoms with Gasteiger partial charge in [-0.25, -0.2) is 4.98 Å². The van der Waals surface area contributed by atoms with Gasteiger partial charge in [0, 0.05) is 10.6 Å². The fourth-order valence-electron chi connectivity index (χ4n) is 2.77. The van der Waals surface area contributed by atoms with Crippen molar-refractivity contribution in [3.63, 3.8) is 0 Å². The maximum atomic E-state index is 12.0. The van der Waals surface area contributed by atoms with Crippen LogP contribution in [0.3, 0.4) is 0 Å². The molecule has 0 radical (unpaired) electrons. The molecule has 9 heteroatoms. The van der Waals surface area contributed by atoms with Crippen molar-refractivity contribution in [2.45, 2.75) is 9.92 Å². The number of furan rings is 1. The first-order chi connectivity index (χ1) is 13.8. The average Bonchev–Trinajstić information content (AvgIpc) is 3.42. The smallest absolute Gasteiger partial charge is 0.291 e. The van der Waals surface area contributed by atoms with E-state index in [-0.39, 0.29) is 11.7 Å². The van der Waals surface area contributed by atoms with Crippen molar-refractivity contribution in [1.29, 1.82) is 0 Å². The van der Waals surface area contributed by atoms with Crippen LogP contribution in [0.15, 0.2) is 81.3 Å². The summed E-state index contributed by atoms with van der Waals surface area (Å²) in [7, 11) is 0. The summed E-state index contributed by atoms with van der Waals surface area (Å²) in [5, 5.41) is 15.4. The number of carbonyl (C=O) groups excluding carboxylic acids is 1. The van der Waals surface area contributed by atoms with E-state index in [0.29, 0.717) is 16.4 Å². The van der Waals surface area contributed by atoms with Crippen LogP contribution in [0.1, 0.15) is 10.6 Å². The highest BCUT2D eigenvalue weighted by atomic mass is 32.2. The van der Waals surface area contributed by atoms with Crippen molar-refractivity contribution in [3.8, 4) is 0 Å². The quantitative estimate of drug-likeness (QED) is 0.501. The van der Waals surface area contributed by atoms with Gasteiger partial charge in [-0.1, -0.05) is 23.9 Å². The van der Waals surface area contributed by atoms with Crippen LogP contribution in [0.5, 0.6) is 0 Å². The van der Waals surface area contributed by atoms with Crippen molar-refractivity contribution in [2.75, 3.05) is 5.32 Å². The van der Waals surface area contributed by atoms with Gasteiger partial charge in [-0.15, -0.1) is 5.10 Å². The molecule has 0 unspecified atom stereocenters. The number of fused-ring (bicyclic) bond motifs is 3. The van der Waals surface area contributed by atoms with Gasteiger partial charge in [0.15, 0.2) is 5.76 Å². The molecule has 3 heterocycles. The first-order valence-electron chi connectivity index (χ1n) is 8.37. The lowest BCUT2D eigenvalue weighted by atomic mass is 10.3. The molecule has 0 aliphatic rings. The van der Waals surface area contributed by atoms with Crippen molar-refractivity contribution in [2.24, 2.45) is 0 Å². The number of benzene rings is 2. The molecule has 136 valence electrons. The lowest BCUT2D eigenvalue weighted by Crippen LogP contribution is -2.10. The van der Waals surface area contributed by atoms with Crippen LogP contribution in [0.25, 0.3) is 16.7 Å². The number of amides is 1. The Balaban J connectivity index is 1.41. The molecule has 1 amide bonds. The second kappa shape index (κ2) is 6.78. The summed E-state index contributed by atoms with van der Waals surface area (Å²) >= 11 is 1.46. The van der Waals surface area contributed by atoms with E-state index in [9.17, 15) is 4.79 Å². The minimum Gasteiger partial charge on any atom is -0.459 e. The minimum atomic E-state index is -0.294. The van der Waals surface area contributed by atoms with E-state index in [1.807, 2.05) is 48.5 Å². The number of nitrogens with one attached hydrogen (secondary N) is 1. The fraction of sp³-hybridized carbons (Fsp3) is 0. The Kier molecular flexibility index (Phi) is 3.99. The first kappa shape index (κ1) is 16.5. The normalized spacial score (nSPS) is 11.1. The van der Waals surface area contributed by atoms with Crippen molar-refractivity contribution in [3.05, 3.63) is 72.7 Å². The largest absolute Gasteiger partial charge is 0.459 e. The number of nitrogens with zero attached hydrogens (tertiary/aromatic N) is 5. The maximum absolute atomic E-state index is 12.0. The van der Waals surface area contributed by atoms with Crippen molar-refractivity contribution >= 4 is 40.0 Å². The van der Waals surface area contributed by atoms with Gasteiger partial charge in [0.25, 0.3) is 5.91 Å². The SMILES string of the molecule is O=C(Nc1ccc(Sc2nc3ccccc3n3nnnc23)cc1)c1ccco1. The van der Waals surface area contributed by atoms with E-state index in [0.717, 1.165) is 15.9 Å². The topological polar surface area (TPSA) is 98.2 Å². The Labute approximate surface area is 162 Å². The molecule has 0 fully saturated rings. The van der Waals surface area contributed by atoms with E-state index >= 15 is 0 Å². The average molecular weight is 388 g/mol. The molecule has 5 rings (SSSR count). The Hall–Kier alpha value is -3.72. The molecule has 0 atom stereocenters. The van der Waals surface area contributed by atoms with Crippen molar-refractivity contribution < 1.29 is 9.21 Å². The highest BCUT2D eigenvalue weighted by Crippen LogP contribution is 2.31. The zero-order chi connectivity index (χ0) is 18.9. The molecule has 3 aromatic heterocycles. The molecule has 0 aliphatic heterocycles. The molecule has 0 aliphatic carbocycles. The summed E-state index contributed by atoms with van der Waals surface area (Å²) in [4.78, 5) is 17.7. The number of aromatic nitrogens is 5. The summed E-state index contributed by atoms with van der Waals surface area (Å²) in [6.45, 7) is 0. The van der Waals surface area contributed by atoms with Crippen LogP contribution >= 0.6 is 11.8 Å². The third-order valence-electron chi connectivity index (χ3n) is 4.06. The van der Waals surface area contributed by atoms with Crippen LogP contribution in [0.4, 0.5) is 5.69 Å². The number of hydrogen-bond donors (Lipinski definition) is 1. The molecule has 0 saturated heterocycles. The second-order valence-corrected chi connectivity index (χ2v) is 6.94. The maximum Gasteiger partial charge on any atom is 0.291 e. The van der Waals surface area contributed by atoms with E-state index in [2.05, 4.69) is 20.8 Å². The minimum absolute atomic E-state index is 0.264. The van der Waals surface area contributed by atoms with Gasteiger partial charge in [0.05, 0.1) is 17.3 Å². The Morgan fingerprint density at radius 1 is 1.04 bits per heavy atom. The van der Waals surface area contributed by atoms with Gasteiger partial charge in [-0.3, -0.25) is 4.79 Å². The molecule has 1 N–H and O–H groups in total. The molecule has 8 nitrogen and oxygen atoms in total. The van der Waals surface area contributed by atoms with Gasteiger partial charge >= 0.3 is 0 Å². The number of anilines is 1. The number of tetrazole rings is 1. The van der Waals surface area contributed by atoms with Gasteiger partial charge in [0.2, 0.25) is 5.65 Å².